The smallest absolute Gasteiger partial charge is 0.253 e. The number of fused-ring (bicyclic) bond motifs is 1. The predicted octanol–water partition coefficient (Wildman–Crippen LogP) is 3.54. The molecule has 0 fully saturated rings. The van der Waals surface area contributed by atoms with Gasteiger partial charge in [-0.15, -0.1) is 0 Å². The van der Waals surface area contributed by atoms with E-state index in [1.165, 1.54) is 5.56 Å². The highest BCUT2D eigenvalue weighted by molar-refractivity contribution is 6.06. The van der Waals surface area contributed by atoms with Crippen LogP contribution < -0.4 is 10.9 Å². The molecular weight excluding hydrogens is 414 g/mol. The Bertz CT molecular complexity index is 1380. The van der Waals surface area contributed by atoms with Crippen molar-refractivity contribution in [2.45, 2.75) is 26.9 Å². The summed E-state index contributed by atoms with van der Waals surface area (Å²) in [7, 11) is 5.95. The molecule has 7 heteroatoms. The third-order valence-corrected chi connectivity index (χ3v) is 5.76. The van der Waals surface area contributed by atoms with E-state index in [9.17, 15) is 9.59 Å². The Labute approximate surface area is 193 Å². The van der Waals surface area contributed by atoms with Crippen LogP contribution in [0.15, 0.2) is 53.6 Å². The topological polar surface area (TPSA) is 83.0 Å². The van der Waals surface area contributed by atoms with Gasteiger partial charge in [0.05, 0.1) is 22.9 Å². The van der Waals surface area contributed by atoms with E-state index in [1.54, 1.807) is 6.33 Å². The Hall–Kier alpha value is -3.71. The van der Waals surface area contributed by atoms with Crippen molar-refractivity contribution in [2.75, 3.05) is 14.1 Å². The Morgan fingerprint density at radius 2 is 1.82 bits per heavy atom. The zero-order valence-electron chi connectivity index (χ0n) is 19.7. The number of rotatable bonds is 6. The van der Waals surface area contributed by atoms with Gasteiger partial charge in [-0.05, 0) is 68.4 Å². The molecule has 1 amide bonds. The van der Waals surface area contributed by atoms with Crippen molar-refractivity contribution in [1.29, 1.82) is 0 Å². The van der Waals surface area contributed by atoms with Gasteiger partial charge >= 0.3 is 0 Å². The quantitative estimate of drug-likeness (QED) is 0.478. The number of hydrogen-bond acceptors (Lipinski definition) is 4. The second kappa shape index (κ2) is 9.03. The number of nitrogens with one attached hydrogen (secondary N) is 2. The van der Waals surface area contributed by atoms with Crippen LogP contribution in [0.4, 0.5) is 0 Å². The molecule has 0 aliphatic rings. The SMILES string of the molecule is Cc1cc(C)c(CNC(=O)c2cc(-c3ccc(CN(C)C)cc3)cc3ncn(C)c23)c(=O)[nH]1. The molecule has 4 aromatic rings. The van der Waals surface area contributed by atoms with Gasteiger partial charge in [0.25, 0.3) is 11.5 Å². The van der Waals surface area contributed by atoms with Crippen LogP contribution >= 0.6 is 0 Å². The first kappa shape index (κ1) is 22.5. The number of carbonyl (C=O) groups excluding carboxylic acids is 1. The monoisotopic (exact) mass is 443 g/mol. The fraction of sp³-hybridized carbons (Fsp3) is 0.269. The maximum atomic E-state index is 13.3. The highest BCUT2D eigenvalue weighted by atomic mass is 16.1. The van der Waals surface area contributed by atoms with Crippen LogP contribution in [0.1, 0.15) is 32.7 Å². The lowest BCUT2D eigenvalue weighted by Gasteiger charge is -2.12. The van der Waals surface area contributed by atoms with Crippen molar-refractivity contribution in [3.8, 4) is 11.1 Å². The van der Waals surface area contributed by atoms with Crippen LogP contribution in [-0.4, -0.2) is 39.4 Å². The maximum Gasteiger partial charge on any atom is 0.253 e. The molecule has 2 aromatic carbocycles. The summed E-state index contributed by atoms with van der Waals surface area (Å²) in [5, 5.41) is 2.93. The third-order valence-electron chi connectivity index (χ3n) is 5.76. The molecule has 4 rings (SSSR count). The minimum atomic E-state index is -0.242. The van der Waals surface area contributed by atoms with Crippen molar-refractivity contribution < 1.29 is 4.79 Å². The van der Waals surface area contributed by atoms with E-state index in [4.69, 9.17) is 0 Å². The summed E-state index contributed by atoms with van der Waals surface area (Å²) < 4.78 is 1.85. The molecule has 0 unspecified atom stereocenters. The summed E-state index contributed by atoms with van der Waals surface area (Å²) in [6.07, 6.45) is 1.71. The van der Waals surface area contributed by atoms with Crippen molar-refractivity contribution in [2.24, 2.45) is 7.05 Å². The normalized spacial score (nSPS) is 11.3. The van der Waals surface area contributed by atoms with Crippen LogP contribution in [0.5, 0.6) is 0 Å². The van der Waals surface area contributed by atoms with Gasteiger partial charge in [0.2, 0.25) is 0 Å². The van der Waals surface area contributed by atoms with Crippen molar-refractivity contribution >= 4 is 16.9 Å². The fourth-order valence-electron chi connectivity index (χ4n) is 4.17. The van der Waals surface area contributed by atoms with E-state index in [0.29, 0.717) is 11.1 Å². The number of amides is 1. The van der Waals surface area contributed by atoms with Gasteiger partial charge < -0.3 is 19.8 Å². The summed E-state index contributed by atoms with van der Waals surface area (Å²) in [6.45, 7) is 4.74. The number of carbonyl (C=O) groups is 1. The lowest BCUT2D eigenvalue weighted by molar-refractivity contribution is 0.0952. The van der Waals surface area contributed by atoms with E-state index in [-0.39, 0.29) is 18.0 Å². The molecule has 0 aliphatic heterocycles. The van der Waals surface area contributed by atoms with Gasteiger partial charge in [0.15, 0.2) is 0 Å². The lowest BCUT2D eigenvalue weighted by atomic mass is 9.99. The molecular formula is C26H29N5O2. The summed E-state index contributed by atoms with van der Waals surface area (Å²) >= 11 is 0. The van der Waals surface area contributed by atoms with Gasteiger partial charge in [-0.1, -0.05) is 24.3 Å². The molecule has 2 heterocycles. The molecule has 170 valence electrons. The number of aryl methyl sites for hydroxylation is 3. The van der Waals surface area contributed by atoms with E-state index in [1.807, 2.05) is 57.8 Å². The molecule has 0 bridgehead atoms. The van der Waals surface area contributed by atoms with E-state index in [0.717, 1.165) is 40.0 Å². The van der Waals surface area contributed by atoms with Crippen LogP contribution in [0.25, 0.3) is 22.2 Å². The Morgan fingerprint density at radius 1 is 1.09 bits per heavy atom. The second-order valence-electron chi connectivity index (χ2n) is 8.81. The Balaban J connectivity index is 1.67. The largest absolute Gasteiger partial charge is 0.348 e. The van der Waals surface area contributed by atoms with Gasteiger partial charge in [-0.25, -0.2) is 4.98 Å². The van der Waals surface area contributed by atoms with Crippen molar-refractivity contribution in [3.63, 3.8) is 0 Å². The van der Waals surface area contributed by atoms with E-state index >= 15 is 0 Å². The van der Waals surface area contributed by atoms with Gasteiger partial charge in [-0.3, -0.25) is 9.59 Å². The van der Waals surface area contributed by atoms with Gasteiger partial charge in [0.1, 0.15) is 0 Å². The van der Waals surface area contributed by atoms with E-state index in [2.05, 4.69) is 44.5 Å². The predicted molar refractivity (Wildman–Crippen MR) is 131 cm³/mol. The van der Waals surface area contributed by atoms with Crippen LogP contribution in [-0.2, 0) is 20.1 Å². The molecule has 0 spiro atoms. The Kier molecular flexibility index (Phi) is 6.16. The van der Waals surface area contributed by atoms with Crippen LogP contribution in [0.2, 0.25) is 0 Å². The summed E-state index contributed by atoms with van der Waals surface area (Å²) in [5.74, 6) is -0.242. The summed E-state index contributed by atoms with van der Waals surface area (Å²) in [4.78, 5) is 35.0. The minimum absolute atomic E-state index is 0.156. The average molecular weight is 444 g/mol. The molecule has 7 nitrogen and oxygen atoms in total. The highest BCUT2D eigenvalue weighted by Crippen LogP contribution is 2.28. The number of nitrogens with zero attached hydrogens (tertiary/aromatic N) is 3. The maximum absolute atomic E-state index is 13.3. The highest BCUT2D eigenvalue weighted by Gasteiger charge is 2.17. The fourth-order valence-corrected chi connectivity index (χ4v) is 4.17. The zero-order chi connectivity index (χ0) is 23.7. The summed E-state index contributed by atoms with van der Waals surface area (Å²) in [5.41, 5.74) is 7.24. The third kappa shape index (κ3) is 4.73. The van der Waals surface area contributed by atoms with Crippen LogP contribution in [0.3, 0.4) is 0 Å². The number of aromatic nitrogens is 3. The molecule has 0 saturated heterocycles. The number of hydrogen-bond donors (Lipinski definition) is 2. The molecule has 33 heavy (non-hydrogen) atoms. The first-order valence-corrected chi connectivity index (χ1v) is 10.9. The van der Waals surface area contributed by atoms with Gasteiger partial charge in [0, 0.05) is 31.4 Å². The number of imidazole rings is 1. The van der Waals surface area contributed by atoms with Crippen molar-refractivity contribution in [3.05, 3.63) is 87.1 Å². The second-order valence-corrected chi connectivity index (χ2v) is 8.81. The number of H-pyrrole nitrogens is 1. The van der Waals surface area contributed by atoms with Crippen molar-refractivity contribution in [1.82, 2.24) is 24.8 Å². The number of benzene rings is 2. The first-order chi connectivity index (χ1) is 15.7. The molecule has 2 N–H and O–H groups in total. The first-order valence-electron chi connectivity index (χ1n) is 10.9. The number of pyridine rings is 1. The molecule has 0 saturated carbocycles. The molecule has 0 aliphatic carbocycles. The average Bonchev–Trinajstić information content (AvgIpc) is 3.13. The Morgan fingerprint density at radius 3 is 2.48 bits per heavy atom. The number of aromatic amines is 1. The molecule has 0 atom stereocenters. The van der Waals surface area contributed by atoms with E-state index < -0.39 is 0 Å². The van der Waals surface area contributed by atoms with Gasteiger partial charge in [-0.2, -0.15) is 0 Å². The zero-order valence-corrected chi connectivity index (χ0v) is 19.7. The lowest BCUT2D eigenvalue weighted by Crippen LogP contribution is -2.28. The standard InChI is InChI=1S/C26H29N5O2/c1-16-10-17(2)29-26(33)22(16)13-27-25(32)21-11-20(12-23-24(21)31(5)15-28-23)19-8-6-18(7-9-19)14-30(3)4/h6-12,15H,13-14H2,1-5H3,(H,27,32)(H,29,33). The summed E-state index contributed by atoms with van der Waals surface area (Å²) in [6, 6.07) is 14.1. The molecule has 2 aromatic heterocycles. The molecule has 0 radical (unpaired) electrons. The van der Waals surface area contributed by atoms with Crippen LogP contribution in [0, 0.1) is 13.8 Å². The minimum Gasteiger partial charge on any atom is -0.348 e.